The lowest BCUT2D eigenvalue weighted by Crippen LogP contribution is -2.02. The molecule has 0 bridgehead atoms. The standard InChI is InChI=1S/C25H22N4O5/c1-16-8-12-23-20(14-16)25(18-6-4-3-5-7-18)24(34-23)13-9-17(2)26-27-21-11-10-19(28(30)31)15-22(21)29(32)33/h3-8,10-12,14-15,27H,9,13H2,1-2H3/b26-17-. The van der Waals surface area contributed by atoms with Crippen LogP contribution >= 0.6 is 0 Å². The summed E-state index contributed by atoms with van der Waals surface area (Å²) < 4.78 is 6.18. The van der Waals surface area contributed by atoms with E-state index in [0.717, 1.165) is 39.5 Å². The summed E-state index contributed by atoms with van der Waals surface area (Å²) in [6.45, 7) is 3.85. The second-order valence-electron chi connectivity index (χ2n) is 7.94. The predicted molar refractivity (Wildman–Crippen MR) is 131 cm³/mol. The number of nitrogens with zero attached hydrogens (tertiary/aromatic N) is 3. The zero-order chi connectivity index (χ0) is 24.2. The zero-order valence-electron chi connectivity index (χ0n) is 18.6. The van der Waals surface area contributed by atoms with Gasteiger partial charge in [0.25, 0.3) is 5.69 Å². The first-order chi connectivity index (χ1) is 16.3. The third-order valence-electron chi connectivity index (χ3n) is 5.45. The van der Waals surface area contributed by atoms with Crippen LogP contribution in [0.15, 0.2) is 76.2 Å². The van der Waals surface area contributed by atoms with Crippen molar-refractivity contribution in [3.8, 4) is 11.1 Å². The van der Waals surface area contributed by atoms with E-state index in [-0.39, 0.29) is 11.4 Å². The van der Waals surface area contributed by atoms with Crippen LogP contribution in [-0.2, 0) is 6.42 Å². The molecule has 4 rings (SSSR count). The first kappa shape index (κ1) is 22.7. The molecule has 0 spiro atoms. The molecule has 0 saturated heterocycles. The highest BCUT2D eigenvalue weighted by Crippen LogP contribution is 2.36. The number of nitro groups is 2. The molecule has 0 radical (unpaired) electrons. The molecule has 9 nitrogen and oxygen atoms in total. The van der Waals surface area contributed by atoms with E-state index in [1.165, 1.54) is 12.1 Å². The number of hydrazone groups is 1. The predicted octanol–water partition coefficient (Wildman–Crippen LogP) is 6.65. The number of fused-ring (bicyclic) bond motifs is 1. The summed E-state index contributed by atoms with van der Waals surface area (Å²) in [7, 11) is 0. The Balaban J connectivity index is 1.57. The molecule has 1 N–H and O–H groups in total. The number of benzene rings is 3. The average Bonchev–Trinajstić information content (AvgIpc) is 3.19. The first-order valence-electron chi connectivity index (χ1n) is 10.6. The van der Waals surface area contributed by atoms with Crippen molar-refractivity contribution in [2.24, 2.45) is 5.10 Å². The van der Waals surface area contributed by atoms with Gasteiger partial charge in [0.1, 0.15) is 17.0 Å². The largest absolute Gasteiger partial charge is 0.460 e. The van der Waals surface area contributed by atoms with Crippen molar-refractivity contribution < 1.29 is 14.3 Å². The van der Waals surface area contributed by atoms with Gasteiger partial charge in [0.05, 0.1) is 15.9 Å². The molecule has 172 valence electrons. The number of nitrogens with one attached hydrogen (secondary N) is 1. The molecule has 0 aliphatic heterocycles. The second kappa shape index (κ2) is 9.53. The number of anilines is 1. The van der Waals surface area contributed by atoms with Gasteiger partial charge >= 0.3 is 5.69 Å². The van der Waals surface area contributed by atoms with E-state index in [1.54, 1.807) is 6.92 Å². The van der Waals surface area contributed by atoms with Crippen molar-refractivity contribution in [2.45, 2.75) is 26.7 Å². The maximum Gasteiger partial charge on any atom is 0.301 e. The highest BCUT2D eigenvalue weighted by Gasteiger charge is 2.20. The SMILES string of the molecule is C/C(CCc1oc2ccc(C)cc2c1-c1ccccc1)=N/Nc1ccc([N+](=O)[O-])cc1[N+](=O)[O-]. The number of hydrogen-bond donors (Lipinski definition) is 1. The number of non-ortho nitro benzene ring substituents is 1. The van der Waals surface area contributed by atoms with Gasteiger partial charge in [-0.1, -0.05) is 42.0 Å². The molecule has 3 aromatic carbocycles. The second-order valence-corrected chi connectivity index (χ2v) is 7.94. The van der Waals surface area contributed by atoms with Crippen molar-refractivity contribution in [3.63, 3.8) is 0 Å². The lowest BCUT2D eigenvalue weighted by molar-refractivity contribution is -0.393. The van der Waals surface area contributed by atoms with Gasteiger partial charge in [-0.15, -0.1) is 0 Å². The lowest BCUT2D eigenvalue weighted by Gasteiger charge is -2.06. The number of rotatable bonds is 8. The van der Waals surface area contributed by atoms with Crippen LogP contribution in [0.1, 0.15) is 24.7 Å². The quantitative estimate of drug-likeness (QED) is 0.179. The molecular formula is C25H22N4O5. The van der Waals surface area contributed by atoms with Gasteiger partial charge in [-0.25, -0.2) is 0 Å². The van der Waals surface area contributed by atoms with E-state index in [0.29, 0.717) is 18.6 Å². The van der Waals surface area contributed by atoms with Gasteiger partial charge < -0.3 is 4.42 Å². The molecule has 1 aromatic heterocycles. The minimum absolute atomic E-state index is 0.0825. The van der Waals surface area contributed by atoms with Gasteiger partial charge in [-0.3, -0.25) is 25.7 Å². The smallest absolute Gasteiger partial charge is 0.301 e. The Labute approximate surface area is 195 Å². The Morgan fingerprint density at radius 3 is 2.47 bits per heavy atom. The molecule has 0 saturated carbocycles. The Bertz CT molecular complexity index is 1410. The molecule has 0 aliphatic rings. The number of hydrogen-bond acceptors (Lipinski definition) is 7. The average molecular weight is 458 g/mol. The van der Waals surface area contributed by atoms with E-state index in [2.05, 4.69) is 16.6 Å². The molecular weight excluding hydrogens is 436 g/mol. The Morgan fingerprint density at radius 2 is 1.76 bits per heavy atom. The third kappa shape index (κ3) is 4.78. The minimum Gasteiger partial charge on any atom is -0.460 e. The molecule has 34 heavy (non-hydrogen) atoms. The molecule has 0 aliphatic carbocycles. The van der Waals surface area contributed by atoms with E-state index in [1.807, 2.05) is 49.4 Å². The normalized spacial score (nSPS) is 11.5. The summed E-state index contributed by atoms with van der Waals surface area (Å²) in [4.78, 5) is 20.9. The Hall–Kier alpha value is -4.53. The maximum absolute atomic E-state index is 11.3. The Kier molecular flexibility index (Phi) is 6.35. The van der Waals surface area contributed by atoms with Gasteiger partial charge in [0.2, 0.25) is 0 Å². The van der Waals surface area contributed by atoms with Crippen molar-refractivity contribution in [2.75, 3.05) is 5.43 Å². The fourth-order valence-corrected chi connectivity index (χ4v) is 3.74. The van der Waals surface area contributed by atoms with Gasteiger partial charge in [0.15, 0.2) is 0 Å². The van der Waals surface area contributed by atoms with Crippen LogP contribution in [0, 0.1) is 27.2 Å². The van der Waals surface area contributed by atoms with E-state index < -0.39 is 15.5 Å². The van der Waals surface area contributed by atoms with Crippen LogP contribution in [0.2, 0.25) is 0 Å². The summed E-state index contributed by atoms with van der Waals surface area (Å²) in [6, 6.07) is 19.5. The van der Waals surface area contributed by atoms with E-state index in [9.17, 15) is 20.2 Å². The first-order valence-corrected chi connectivity index (χ1v) is 10.6. The van der Waals surface area contributed by atoms with Crippen LogP contribution < -0.4 is 5.43 Å². The number of aryl methyl sites for hydroxylation is 2. The summed E-state index contributed by atoms with van der Waals surface area (Å²) in [5, 5.41) is 27.5. The summed E-state index contributed by atoms with van der Waals surface area (Å²) >= 11 is 0. The molecule has 0 fully saturated rings. The third-order valence-corrected chi connectivity index (χ3v) is 5.45. The number of nitro benzene ring substituents is 2. The fraction of sp³-hybridized carbons (Fsp3) is 0.160. The molecule has 0 unspecified atom stereocenters. The van der Waals surface area contributed by atoms with Crippen molar-refractivity contribution >= 4 is 33.7 Å². The van der Waals surface area contributed by atoms with Crippen LogP contribution in [-0.4, -0.2) is 15.6 Å². The summed E-state index contributed by atoms with van der Waals surface area (Å²) in [6.07, 6.45) is 1.13. The van der Waals surface area contributed by atoms with Crippen LogP contribution in [0.4, 0.5) is 17.1 Å². The summed E-state index contributed by atoms with van der Waals surface area (Å²) in [5.41, 5.74) is 6.75. The number of furan rings is 1. The highest BCUT2D eigenvalue weighted by atomic mass is 16.6. The van der Waals surface area contributed by atoms with Crippen LogP contribution in [0.3, 0.4) is 0 Å². The maximum atomic E-state index is 11.3. The molecule has 9 heteroatoms. The van der Waals surface area contributed by atoms with Crippen LogP contribution in [0.5, 0.6) is 0 Å². The monoisotopic (exact) mass is 458 g/mol. The molecule has 0 amide bonds. The topological polar surface area (TPSA) is 124 Å². The molecule has 1 heterocycles. The zero-order valence-corrected chi connectivity index (χ0v) is 18.6. The van der Waals surface area contributed by atoms with Crippen molar-refractivity contribution in [1.82, 2.24) is 0 Å². The molecule has 4 aromatic rings. The van der Waals surface area contributed by atoms with E-state index >= 15 is 0 Å². The summed E-state index contributed by atoms with van der Waals surface area (Å²) in [5.74, 6) is 0.836. The fourth-order valence-electron chi connectivity index (χ4n) is 3.74. The van der Waals surface area contributed by atoms with Gasteiger partial charge in [0, 0.05) is 29.1 Å². The van der Waals surface area contributed by atoms with Crippen molar-refractivity contribution in [1.29, 1.82) is 0 Å². The van der Waals surface area contributed by atoms with Gasteiger partial charge in [-0.2, -0.15) is 5.10 Å². The minimum atomic E-state index is -0.678. The highest BCUT2D eigenvalue weighted by molar-refractivity contribution is 5.96. The lowest BCUT2D eigenvalue weighted by atomic mass is 9.99. The molecule has 0 atom stereocenters. The Morgan fingerprint density at radius 1 is 1.00 bits per heavy atom. The van der Waals surface area contributed by atoms with Gasteiger partial charge in [-0.05, 0) is 44.0 Å². The van der Waals surface area contributed by atoms with Crippen LogP contribution in [0.25, 0.3) is 22.1 Å². The van der Waals surface area contributed by atoms with E-state index in [4.69, 9.17) is 4.42 Å². The van der Waals surface area contributed by atoms with Crippen molar-refractivity contribution in [3.05, 3.63) is 98.3 Å².